The molecule has 106 valence electrons. The van der Waals surface area contributed by atoms with Crippen LogP contribution >= 0.6 is 0 Å². The maximum atomic E-state index is 12.2. The Morgan fingerprint density at radius 2 is 1.89 bits per heavy atom. The molecule has 1 unspecified atom stereocenters. The second-order valence-corrected chi connectivity index (χ2v) is 4.98. The third kappa shape index (κ3) is 4.65. The van der Waals surface area contributed by atoms with Gasteiger partial charge in [-0.3, -0.25) is 4.79 Å². The van der Waals surface area contributed by atoms with E-state index in [0.717, 1.165) is 23.2 Å². The molecule has 0 spiro atoms. The lowest BCUT2D eigenvalue weighted by atomic mass is 10.1. The number of anilines is 1. The maximum Gasteiger partial charge on any atom is 0.243 e. The van der Waals surface area contributed by atoms with Gasteiger partial charge in [0.15, 0.2) is 0 Å². The fraction of sp³-hybridized carbons (Fsp3) is 0.533. The number of carbonyl (C=O) groups excluding carboxylic acids is 1. The number of benzene rings is 1. The van der Waals surface area contributed by atoms with Gasteiger partial charge >= 0.3 is 0 Å². The van der Waals surface area contributed by atoms with E-state index in [1.807, 2.05) is 26.0 Å². The molecule has 19 heavy (non-hydrogen) atoms. The fourth-order valence-electron chi connectivity index (χ4n) is 2.09. The lowest BCUT2D eigenvalue weighted by Gasteiger charge is -2.22. The van der Waals surface area contributed by atoms with Crippen molar-refractivity contribution < 1.29 is 9.53 Å². The van der Waals surface area contributed by atoms with Crippen molar-refractivity contribution >= 4 is 11.6 Å². The first-order valence-electron chi connectivity index (χ1n) is 6.56. The molecule has 0 saturated carbocycles. The smallest absolute Gasteiger partial charge is 0.243 e. The molecule has 1 atom stereocenters. The van der Waals surface area contributed by atoms with Crippen LogP contribution in [0.3, 0.4) is 0 Å². The number of aryl methyl sites for hydroxylation is 2. The standard InChI is InChI=1S/C15H24N2O2/c1-11-8-12(2)10-13(9-11)17(3)15(18)14(16)6-5-7-19-4/h8-10,14H,5-7,16H2,1-4H3. The van der Waals surface area contributed by atoms with Gasteiger partial charge in [-0.05, 0) is 49.9 Å². The van der Waals surface area contributed by atoms with Crippen molar-refractivity contribution in [3.63, 3.8) is 0 Å². The Bertz CT molecular complexity index is 412. The predicted octanol–water partition coefficient (Wildman–Crippen LogP) is 2.02. The summed E-state index contributed by atoms with van der Waals surface area (Å²) < 4.78 is 4.97. The first-order chi connectivity index (χ1) is 8.95. The molecule has 1 aromatic carbocycles. The van der Waals surface area contributed by atoms with Crippen molar-refractivity contribution in [3.05, 3.63) is 29.3 Å². The molecule has 0 aliphatic heterocycles. The molecular formula is C15H24N2O2. The molecule has 1 aromatic rings. The van der Waals surface area contributed by atoms with E-state index < -0.39 is 6.04 Å². The number of methoxy groups -OCH3 is 1. The van der Waals surface area contributed by atoms with Crippen molar-refractivity contribution in [1.29, 1.82) is 0 Å². The molecular weight excluding hydrogens is 240 g/mol. The van der Waals surface area contributed by atoms with E-state index in [1.165, 1.54) is 0 Å². The normalized spacial score (nSPS) is 12.3. The summed E-state index contributed by atoms with van der Waals surface area (Å²) in [5.41, 5.74) is 9.10. The van der Waals surface area contributed by atoms with E-state index in [9.17, 15) is 4.79 Å². The van der Waals surface area contributed by atoms with E-state index in [4.69, 9.17) is 10.5 Å². The zero-order valence-corrected chi connectivity index (χ0v) is 12.3. The van der Waals surface area contributed by atoms with Crippen LogP contribution < -0.4 is 10.6 Å². The quantitative estimate of drug-likeness (QED) is 0.800. The van der Waals surface area contributed by atoms with Gasteiger partial charge in [-0.2, -0.15) is 0 Å². The molecule has 0 aromatic heterocycles. The number of nitrogens with zero attached hydrogens (tertiary/aromatic N) is 1. The van der Waals surface area contributed by atoms with Crippen LogP contribution in [-0.2, 0) is 9.53 Å². The Kier molecular flexibility index (Phi) is 5.99. The van der Waals surface area contributed by atoms with Crippen LogP contribution in [-0.4, -0.2) is 32.7 Å². The predicted molar refractivity (Wildman–Crippen MR) is 78.4 cm³/mol. The number of hydrogen-bond donors (Lipinski definition) is 1. The summed E-state index contributed by atoms with van der Waals surface area (Å²) in [6.45, 7) is 4.68. The topological polar surface area (TPSA) is 55.6 Å². The molecule has 0 heterocycles. The summed E-state index contributed by atoms with van der Waals surface area (Å²) in [6.07, 6.45) is 1.44. The van der Waals surface area contributed by atoms with Gasteiger partial charge in [0.05, 0.1) is 6.04 Å². The summed E-state index contributed by atoms with van der Waals surface area (Å²) in [7, 11) is 3.42. The van der Waals surface area contributed by atoms with Crippen LogP contribution in [0.25, 0.3) is 0 Å². The summed E-state index contributed by atoms with van der Waals surface area (Å²) in [5, 5.41) is 0. The van der Waals surface area contributed by atoms with E-state index >= 15 is 0 Å². The van der Waals surface area contributed by atoms with Gasteiger partial charge in [-0.25, -0.2) is 0 Å². The molecule has 0 aliphatic carbocycles. The molecule has 0 radical (unpaired) electrons. The van der Waals surface area contributed by atoms with Crippen LogP contribution in [0.5, 0.6) is 0 Å². The molecule has 2 N–H and O–H groups in total. The van der Waals surface area contributed by atoms with Gasteiger partial charge in [-0.1, -0.05) is 6.07 Å². The lowest BCUT2D eigenvalue weighted by molar-refractivity contribution is -0.119. The lowest BCUT2D eigenvalue weighted by Crippen LogP contribution is -2.42. The zero-order chi connectivity index (χ0) is 14.4. The van der Waals surface area contributed by atoms with E-state index in [1.54, 1.807) is 19.1 Å². The largest absolute Gasteiger partial charge is 0.385 e. The summed E-state index contributed by atoms with van der Waals surface area (Å²) in [4.78, 5) is 13.9. The van der Waals surface area contributed by atoms with Gasteiger partial charge in [0, 0.05) is 26.5 Å². The Morgan fingerprint density at radius 1 is 1.32 bits per heavy atom. The number of likely N-dealkylation sites (N-methyl/N-ethyl adjacent to an activating group) is 1. The highest BCUT2D eigenvalue weighted by atomic mass is 16.5. The fourth-order valence-corrected chi connectivity index (χ4v) is 2.09. The molecule has 0 saturated heterocycles. The number of hydrogen-bond acceptors (Lipinski definition) is 3. The first-order valence-corrected chi connectivity index (χ1v) is 6.56. The highest BCUT2D eigenvalue weighted by Crippen LogP contribution is 2.18. The van der Waals surface area contributed by atoms with Gasteiger partial charge in [0.1, 0.15) is 0 Å². The van der Waals surface area contributed by atoms with Crippen molar-refractivity contribution in [3.8, 4) is 0 Å². The SMILES string of the molecule is COCCCC(N)C(=O)N(C)c1cc(C)cc(C)c1. The summed E-state index contributed by atoms with van der Waals surface area (Å²) >= 11 is 0. The zero-order valence-electron chi connectivity index (χ0n) is 12.3. The Hall–Kier alpha value is -1.39. The Labute approximate surface area is 115 Å². The van der Waals surface area contributed by atoms with Gasteiger partial charge < -0.3 is 15.4 Å². The van der Waals surface area contributed by atoms with E-state index in [0.29, 0.717) is 13.0 Å². The number of carbonyl (C=O) groups is 1. The molecule has 0 bridgehead atoms. The second-order valence-electron chi connectivity index (χ2n) is 4.98. The number of nitrogens with two attached hydrogens (primary N) is 1. The highest BCUT2D eigenvalue weighted by Gasteiger charge is 2.19. The van der Waals surface area contributed by atoms with Crippen molar-refractivity contribution in [2.24, 2.45) is 5.73 Å². The summed E-state index contributed by atoms with van der Waals surface area (Å²) in [6, 6.07) is 5.60. The third-order valence-electron chi connectivity index (χ3n) is 3.11. The van der Waals surface area contributed by atoms with Crippen LogP contribution in [0.2, 0.25) is 0 Å². The molecule has 4 nitrogen and oxygen atoms in total. The molecule has 0 aliphatic rings. The number of ether oxygens (including phenoxy) is 1. The highest BCUT2D eigenvalue weighted by molar-refractivity contribution is 5.96. The summed E-state index contributed by atoms with van der Waals surface area (Å²) in [5.74, 6) is -0.0545. The minimum atomic E-state index is -0.471. The third-order valence-corrected chi connectivity index (χ3v) is 3.11. The average Bonchev–Trinajstić information content (AvgIpc) is 2.36. The van der Waals surface area contributed by atoms with Gasteiger partial charge in [0.25, 0.3) is 0 Å². The minimum absolute atomic E-state index is 0.0545. The van der Waals surface area contributed by atoms with Crippen LogP contribution in [0, 0.1) is 13.8 Å². The number of amides is 1. The Balaban J connectivity index is 2.70. The minimum Gasteiger partial charge on any atom is -0.385 e. The average molecular weight is 264 g/mol. The van der Waals surface area contributed by atoms with Crippen LogP contribution in [0.4, 0.5) is 5.69 Å². The Morgan fingerprint density at radius 3 is 2.42 bits per heavy atom. The van der Waals surface area contributed by atoms with Crippen LogP contribution in [0.1, 0.15) is 24.0 Å². The van der Waals surface area contributed by atoms with Crippen molar-refractivity contribution in [2.45, 2.75) is 32.7 Å². The van der Waals surface area contributed by atoms with Crippen LogP contribution in [0.15, 0.2) is 18.2 Å². The monoisotopic (exact) mass is 264 g/mol. The molecule has 4 heteroatoms. The van der Waals surface area contributed by atoms with Gasteiger partial charge in [0.2, 0.25) is 5.91 Å². The van der Waals surface area contributed by atoms with E-state index in [-0.39, 0.29) is 5.91 Å². The molecule has 0 fully saturated rings. The maximum absolute atomic E-state index is 12.2. The molecule has 1 rings (SSSR count). The van der Waals surface area contributed by atoms with E-state index in [2.05, 4.69) is 6.07 Å². The second kappa shape index (κ2) is 7.26. The van der Waals surface area contributed by atoms with Gasteiger partial charge in [-0.15, -0.1) is 0 Å². The molecule has 1 amide bonds. The van der Waals surface area contributed by atoms with Crippen molar-refractivity contribution in [1.82, 2.24) is 0 Å². The van der Waals surface area contributed by atoms with Crippen molar-refractivity contribution in [2.75, 3.05) is 25.7 Å². The first kappa shape index (κ1) is 15.7. The number of rotatable bonds is 6.